The lowest BCUT2D eigenvalue weighted by Gasteiger charge is -2.27. The molecule has 1 heterocycles. The molecule has 0 saturated carbocycles. The lowest BCUT2D eigenvalue weighted by Crippen LogP contribution is -2.40. The van der Waals surface area contributed by atoms with Gasteiger partial charge in [-0.15, -0.1) is 0 Å². The molecular weight excluding hydrogens is 236 g/mol. The number of nitrogens with one attached hydrogen (secondary N) is 2. The Bertz CT molecular complexity index is 408. The standard InChI is InChI=1S/C13H17ClN2O/c1-9-8-10(6-7-15-9)13(17)16-12-5-3-2-4-11(12)14/h2-5,9-10,15H,6-8H2,1H3,(H,16,17). The number of piperidine rings is 1. The molecule has 1 aliphatic rings. The molecule has 1 amide bonds. The molecule has 4 heteroatoms. The zero-order valence-electron chi connectivity index (χ0n) is 9.87. The summed E-state index contributed by atoms with van der Waals surface area (Å²) in [7, 11) is 0. The minimum absolute atomic E-state index is 0.0754. The van der Waals surface area contributed by atoms with Crippen LogP contribution in [0.3, 0.4) is 0 Å². The molecule has 0 spiro atoms. The third-order valence-electron chi connectivity index (χ3n) is 3.13. The fraction of sp³-hybridized carbons (Fsp3) is 0.462. The highest BCUT2D eigenvalue weighted by Gasteiger charge is 2.24. The van der Waals surface area contributed by atoms with Crippen molar-refractivity contribution < 1.29 is 4.79 Å². The van der Waals surface area contributed by atoms with Gasteiger partial charge in [0.05, 0.1) is 10.7 Å². The van der Waals surface area contributed by atoms with E-state index in [1.54, 1.807) is 6.07 Å². The molecule has 0 radical (unpaired) electrons. The zero-order chi connectivity index (χ0) is 12.3. The number of carbonyl (C=O) groups excluding carboxylic acids is 1. The fourth-order valence-electron chi connectivity index (χ4n) is 2.17. The van der Waals surface area contributed by atoms with E-state index in [0.29, 0.717) is 16.8 Å². The second-order valence-corrected chi connectivity index (χ2v) is 4.95. The summed E-state index contributed by atoms with van der Waals surface area (Å²) < 4.78 is 0. The van der Waals surface area contributed by atoms with Gasteiger partial charge in [-0.3, -0.25) is 4.79 Å². The van der Waals surface area contributed by atoms with Crippen molar-refractivity contribution in [1.29, 1.82) is 0 Å². The van der Waals surface area contributed by atoms with Crippen LogP contribution in [-0.2, 0) is 4.79 Å². The number of para-hydroxylation sites is 1. The van der Waals surface area contributed by atoms with Crippen molar-refractivity contribution in [1.82, 2.24) is 5.32 Å². The first kappa shape index (κ1) is 12.4. The predicted molar refractivity (Wildman–Crippen MR) is 70.3 cm³/mol. The monoisotopic (exact) mass is 252 g/mol. The molecule has 2 atom stereocenters. The number of halogens is 1. The molecule has 0 aromatic heterocycles. The molecule has 0 aliphatic carbocycles. The second-order valence-electron chi connectivity index (χ2n) is 4.55. The highest BCUT2D eigenvalue weighted by Crippen LogP contribution is 2.23. The summed E-state index contributed by atoms with van der Waals surface area (Å²) in [4.78, 5) is 12.1. The van der Waals surface area contributed by atoms with Crippen molar-refractivity contribution in [3.8, 4) is 0 Å². The van der Waals surface area contributed by atoms with Gasteiger partial charge in [-0.25, -0.2) is 0 Å². The van der Waals surface area contributed by atoms with E-state index in [1.165, 1.54) is 0 Å². The van der Waals surface area contributed by atoms with E-state index in [4.69, 9.17) is 11.6 Å². The largest absolute Gasteiger partial charge is 0.325 e. The summed E-state index contributed by atoms with van der Waals surface area (Å²) in [6, 6.07) is 7.73. The number of hydrogen-bond donors (Lipinski definition) is 2. The summed E-state index contributed by atoms with van der Waals surface area (Å²) in [5, 5.41) is 6.82. The van der Waals surface area contributed by atoms with Gasteiger partial charge in [0, 0.05) is 12.0 Å². The van der Waals surface area contributed by atoms with E-state index in [9.17, 15) is 4.79 Å². The van der Waals surface area contributed by atoms with Crippen LogP contribution in [0.1, 0.15) is 19.8 Å². The van der Waals surface area contributed by atoms with Crippen LogP contribution in [0.2, 0.25) is 5.02 Å². The van der Waals surface area contributed by atoms with Crippen molar-refractivity contribution in [2.24, 2.45) is 5.92 Å². The van der Waals surface area contributed by atoms with Crippen molar-refractivity contribution in [2.75, 3.05) is 11.9 Å². The minimum Gasteiger partial charge on any atom is -0.325 e. The Morgan fingerprint density at radius 3 is 2.94 bits per heavy atom. The van der Waals surface area contributed by atoms with E-state index in [-0.39, 0.29) is 11.8 Å². The van der Waals surface area contributed by atoms with Gasteiger partial charge in [0.15, 0.2) is 0 Å². The first-order valence-corrected chi connectivity index (χ1v) is 6.33. The Kier molecular flexibility index (Phi) is 4.02. The normalized spacial score (nSPS) is 24.4. The third kappa shape index (κ3) is 3.20. The maximum atomic E-state index is 12.1. The third-order valence-corrected chi connectivity index (χ3v) is 3.46. The van der Waals surface area contributed by atoms with Crippen LogP contribution in [0, 0.1) is 5.92 Å². The van der Waals surface area contributed by atoms with Crippen LogP contribution in [0.5, 0.6) is 0 Å². The summed E-state index contributed by atoms with van der Waals surface area (Å²) in [5.74, 6) is 0.161. The molecular formula is C13H17ClN2O. The maximum Gasteiger partial charge on any atom is 0.227 e. The number of rotatable bonds is 2. The quantitative estimate of drug-likeness (QED) is 0.850. The van der Waals surface area contributed by atoms with Crippen LogP contribution in [-0.4, -0.2) is 18.5 Å². The van der Waals surface area contributed by atoms with Crippen molar-refractivity contribution in [2.45, 2.75) is 25.8 Å². The van der Waals surface area contributed by atoms with Crippen LogP contribution in [0.4, 0.5) is 5.69 Å². The van der Waals surface area contributed by atoms with Gasteiger partial charge in [0.25, 0.3) is 0 Å². The SMILES string of the molecule is CC1CC(C(=O)Nc2ccccc2Cl)CCN1. The van der Waals surface area contributed by atoms with Crippen molar-refractivity contribution in [3.63, 3.8) is 0 Å². The Balaban J connectivity index is 1.99. The number of anilines is 1. The van der Waals surface area contributed by atoms with Gasteiger partial charge in [-0.05, 0) is 38.4 Å². The highest BCUT2D eigenvalue weighted by atomic mass is 35.5. The number of amides is 1. The smallest absolute Gasteiger partial charge is 0.227 e. The van der Waals surface area contributed by atoms with Gasteiger partial charge < -0.3 is 10.6 Å². The van der Waals surface area contributed by atoms with Crippen LogP contribution >= 0.6 is 11.6 Å². The molecule has 1 aromatic rings. The molecule has 1 saturated heterocycles. The van der Waals surface area contributed by atoms with Gasteiger partial charge in [-0.1, -0.05) is 23.7 Å². The molecule has 17 heavy (non-hydrogen) atoms. The lowest BCUT2D eigenvalue weighted by atomic mass is 9.92. The molecule has 2 unspecified atom stereocenters. The first-order chi connectivity index (χ1) is 8.16. The molecule has 2 rings (SSSR count). The van der Waals surface area contributed by atoms with Crippen LogP contribution < -0.4 is 10.6 Å². The van der Waals surface area contributed by atoms with Crippen molar-refractivity contribution >= 4 is 23.2 Å². The Morgan fingerprint density at radius 1 is 1.47 bits per heavy atom. The molecule has 1 aliphatic heterocycles. The van der Waals surface area contributed by atoms with Gasteiger partial charge in [0.1, 0.15) is 0 Å². The summed E-state index contributed by atoms with van der Waals surface area (Å²) in [6.45, 7) is 3.01. The molecule has 1 aromatic carbocycles. The van der Waals surface area contributed by atoms with Gasteiger partial charge in [0.2, 0.25) is 5.91 Å². The van der Waals surface area contributed by atoms with Gasteiger partial charge >= 0.3 is 0 Å². The van der Waals surface area contributed by atoms with E-state index in [1.807, 2.05) is 18.2 Å². The Labute approximate surface area is 107 Å². The summed E-state index contributed by atoms with van der Waals surface area (Å²) in [5.41, 5.74) is 0.699. The first-order valence-electron chi connectivity index (χ1n) is 5.95. The van der Waals surface area contributed by atoms with E-state index >= 15 is 0 Å². The topological polar surface area (TPSA) is 41.1 Å². The van der Waals surface area contributed by atoms with E-state index in [2.05, 4.69) is 17.6 Å². The number of carbonyl (C=O) groups is 1. The van der Waals surface area contributed by atoms with Crippen molar-refractivity contribution in [3.05, 3.63) is 29.3 Å². The average molecular weight is 253 g/mol. The lowest BCUT2D eigenvalue weighted by molar-refractivity contribution is -0.120. The highest BCUT2D eigenvalue weighted by molar-refractivity contribution is 6.33. The fourth-order valence-corrected chi connectivity index (χ4v) is 2.35. The molecule has 2 N–H and O–H groups in total. The number of benzene rings is 1. The predicted octanol–water partition coefficient (Wildman–Crippen LogP) is 2.67. The maximum absolute atomic E-state index is 12.1. The van der Waals surface area contributed by atoms with Gasteiger partial charge in [-0.2, -0.15) is 0 Å². The molecule has 92 valence electrons. The van der Waals surface area contributed by atoms with Crippen LogP contribution in [0.15, 0.2) is 24.3 Å². The minimum atomic E-state index is 0.0754. The van der Waals surface area contributed by atoms with E-state index < -0.39 is 0 Å². The zero-order valence-corrected chi connectivity index (χ0v) is 10.6. The van der Waals surface area contributed by atoms with E-state index in [0.717, 1.165) is 19.4 Å². The average Bonchev–Trinajstić information content (AvgIpc) is 2.32. The Morgan fingerprint density at radius 2 is 2.24 bits per heavy atom. The molecule has 3 nitrogen and oxygen atoms in total. The number of hydrogen-bond acceptors (Lipinski definition) is 2. The molecule has 0 bridgehead atoms. The summed E-state index contributed by atoms with van der Waals surface area (Å²) in [6.07, 6.45) is 1.77. The second kappa shape index (κ2) is 5.52. The summed E-state index contributed by atoms with van der Waals surface area (Å²) >= 11 is 6.01. The molecule has 1 fully saturated rings. The van der Waals surface area contributed by atoms with Crippen LogP contribution in [0.25, 0.3) is 0 Å². The Hall–Kier alpha value is -1.06.